The summed E-state index contributed by atoms with van der Waals surface area (Å²) in [6.45, 7) is 7.28. The summed E-state index contributed by atoms with van der Waals surface area (Å²) in [5, 5.41) is 10.9. The first-order valence-corrected chi connectivity index (χ1v) is 9.50. The van der Waals surface area contributed by atoms with Crippen molar-refractivity contribution in [1.29, 1.82) is 0 Å². The lowest BCUT2D eigenvalue weighted by molar-refractivity contribution is -0.173. The van der Waals surface area contributed by atoms with Crippen LogP contribution in [0.1, 0.15) is 21.7 Å². The molecule has 0 unspecified atom stereocenters. The van der Waals surface area contributed by atoms with Crippen LogP contribution in [-0.4, -0.2) is 80.2 Å². The SMILES string of the molecule is Cc1cc(CN2CCNCCNCC2)nc(C(=O)NCCNC(=O)C(F)(F)F)c1. The molecule has 0 aromatic carbocycles. The largest absolute Gasteiger partial charge is 0.471 e. The quantitative estimate of drug-likeness (QED) is 0.480. The number of halogens is 3. The number of hydrogen-bond donors (Lipinski definition) is 4. The van der Waals surface area contributed by atoms with Gasteiger partial charge < -0.3 is 21.3 Å². The van der Waals surface area contributed by atoms with E-state index in [-0.39, 0.29) is 18.8 Å². The molecule has 11 heteroatoms. The number of aromatic nitrogens is 1. The third kappa shape index (κ3) is 8.34. The molecule has 0 spiro atoms. The Balaban J connectivity index is 1.89. The van der Waals surface area contributed by atoms with E-state index in [1.165, 1.54) is 0 Å². The predicted molar refractivity (Wildman–Crippen MR) is 101 cm³/mol. The lowest BCUT2D eigenvalue weighted by Crippen LogP contribution is -2.41. The van der Waals surface area contributed by atoms with Gasteiger partial charge in [0.25, 0.3) is 5.91 Å². The van der Waals surface area contributed by atoms with Crippen LogP contribution in [0.2, 0.25) is 0 Å². The number of nitrogens with one attached hydrogen (secondary N) is 4. The topological polar surface area (TPSA) is 98.4 Å². The third-order valence-corrected chi connectivity index (χ3v) is 4.28. The highest BCUT2D eigenvalue weighted by atomic mass is 19.4. The molecule has 0 atom stereocenters. The highest BCUT2D eigenvalue weighted by molar-refractivity contribution is 5.92. The minimum atomic E-state index is -4.94. The van der Waals surface area contributed by atoms with Crippen LogP contribution in [0.15, 0.2) is 12.1 Å². The molecule has 0 aliphatic carbocycles. The molecule has 1 aromatic heterocycles. The van der Waals surface area contributed by atoms with E-state index in [4.69, 9.17) is 0 Å². The van der Waals surface area contributed by atoms with Crippen LogP contribution < -0.4 is 21.3 Å². The van der Waals surface area contributed by atoms with Gasteiger partial charge in [-0.2, -0.15) is 13.2 Å². The van der Waals surface area contributed by atoms with Gasteiger partial charge in [0.15, 0.2) is 0 Å². The second-order valence-electron chi connectivity index (χ2n) is 6.81. The molecular formula is C18H27F3N6O2. The minimum Gasteiger partial charge on any atom is -0.349 e. The Kier molecular flexibility index (Phi) is 8.80. The van der Waals surface area contributed by atoms with Crippen molar-refractivity contribution < 1.29 is 22.8 Å². The molecule has 2 rings (SSSR count). The molecule has 2 heterocycles. The van der Waals surface area contributed by atoms with Gasteiger partial charge in [-0.3, -0.25) is 14.5 Å². The van der Waals surface area contributed by atoms with Crippen LogP contribution in [-0.2, 0) is 11.3 Å². The fraction of sp³-hybridized carbons (Fsp3) is 0.611. The maximum absolute atomic E-state index is 12.3. The molecule has 1 fully saturated rings. The number of aryl methyl sites for hydroxylation is 1. The molecule has 162 valence electrons. The molecule has 1 aliphatic rings. The van der Waals surface area contributed by atoms with Crippen molar-refractivity contribution in [3.63, 3.8) is 0 Å². The summed E-state index contributed by atoms with van der Waals surface area (Å²) >= 11 is 0. The van der Waals surface area contributed by atoms with E-state index in [2.05, 4.69) is 25.8 Å². The van der Waals surface area contributed by atoms with Gasteiger partial charge >= 0.3 is 12.1 Å². The zero-order chi connectivity index (χ0) is 21.3. The zero-order valence-electron chi connectivity index (χ0n) is 16.4. The Labute approximate surface area is 167 Å². The lowest BCUT2D eigenvalue weighted by atomic mass is 10.2. The number of amides is 2. The van der Waals surface area contributed by atoms with Gasteiger partial charge in [-0.05, 0) is 24.6 Å². The second kappa shape index (κ2) is 11.1. The van der Waals surface area contributed by atoms with Gasteiger partial charge in [0.05, 0.1) is 5.69 Å². The fourth-order valence-corrected chi connectivity index (χ4v) is 2.88. The Morgan fingerprint density at radius 2 is 1.69 bits per heavy atom. The molecule has 1 aliphatic heterocycles. The summed E-state index contributed by atoms with van der Waals surface area (Å²) in [7, 11) is 0. The van der Waals surface area contributed by atoms with Crippen molar-refractivity contribution in [3.05, 3.63) is 29.1 Å². The lowest BCUT2D eigenvalue weighted by Gasteiger charge is -2.21. The van der Waals surface area contributed by atoms with E-state index in [1.807, 2.05) is 13.0 Å². The molecule has 29 heavy (non-hydrogen) atoms. The minimum absolute atomic E-state index is 0.130. The van der Waals surface area contributed by atoms with Gasteiger partial charge in [0.2, 0.25) is 0 Å². The first-order valence-electron chi connectivity index (χ1n) is 9.50. The van der Waals surface area contributed by atoms with Crippen LogP contribution in [0, 0.1) is 6.92 Å². The Hall–Kier alpha value is -2.24. The molecular weight excluding hydrogens is 389 g/mol. The average Bonchev–Trinajstić information content (AvgIpc) is 2.77. The van der Waals surface area contributed by atoms with Crippen molar-refractivity contribution in [1.82, 2.24) is 31.2 Å². The van der Waals surface area contributed by atoms with Crippen LogP contribution in [0.3, 0.4) is 0 Å². The maximum atomic E-state index is 12.3. The van der Waals surface area contributed by atoms with Gasteiger partial charge in [-0.25, -0.2) is 4.98 Å². The number of nitrogens with zero attached hydrogens (tertiary/aromatic N) is 2. The molecule has 0 radical (unpaired) electrons. The summed E-state index contributed by atoms with van der Waals surface area (Å²) < 4.78 is 36.4. The third-order valence-electron chi connectivity index (χ3n) is 4.28. The normalized spacial score (nSPS) is 16.4. The number of alkyl halides is 3. The fourth-order valence-electron chi connectivity index (χ4n) is 2.88. The molecule has 0 saturated carbocycles. The molecule has 2 amide bonds. The van der Waals surface area contributed by atoms with Crippen molar-refractivity contribution in [2.75, 3.05) is 52.4 Å². The van der Waals surface area contributed by atoms with E-state index in [0.717, 1.165) is 50.5 Å². The summed E-state index contributed by atoms with van der Waals surface area (Å²) in [5.74, 6) is -2.53. The Bertz CT molecular complexity index is 689. The van der Waals surface area contributed by atoms with Gasteiger partial charge in [-0.1, -0.05) is 0 Å². The van der Waals surface area contributed by atoms with Gasteiger partial charge in [0.1, 0.15) is 5.69 Å². The van der Waals surface area contributed by atoms with Crippen molar-refractivity contribution in [2.45, 2.75) is 19.6 Å². The maximum Gasteiger partial charge on any atom is 0.471 e. The predicted octanol–water partition coefficient (Wildman–Crippen LogP) is -0.207. The van der Waals surface area contributed by atoms with E-state index in [1.54, 1.807) is 11.4 Å². The number of hydrogen-bond acceptors (Lipinski definition) is 6. The summed E-state index contributed by atoms with van der Waals surface area (Å²) in [5.41, 5.74) is 1.81. The second-order valence-corrected chi connectivity index (χ2v) is 6.81. The first-order chi connectivity index (χ1) is 13.8. The van der Waals surface area contributed by atoms with Crippen molar-refractivity contribution in [2.24, 2.45) is 0 Å². The van der Waals surface area contributed by atoms with Crippen LogP contribution in [0.25, 0.3) is 0 Å². The zero-order valence-corrected chi connectivity index (χ0v) is 16.4. The van der Waals surface area contributed by atoms with Gasteiger partial charge in [0, 0.05) is 58.9 Å². The summed E-state index contributed by atoms with van der Waals surface area (Å²) in [6.07, 6.45) is -4.94. The summed E-state index contributed by atoms with van der Waals surface area (Å²) in [6, 6.07) is 3.53. The van der Waals surface area contributed by atoms with Gasteiger partial charge in [-0.15, -0.1) is 0 Å². The monoisotopic (exact) mass is 416 g/mol. The van der Waals surface area contributed by atoms with Crippen LogP contribution >= 0.6 is 0 Å². The van der Waals surface area contributed by atoms with Crippen LogP contribution in [0.5, 0.6) is 0 Å². The highest BCUT2D eigenvalue weighted by Crippen LogP contribution is 2.13. The summed E-state index contributed by atoms with van der Waals surface area (Å²) in [4.78, 5) is 29.7. The Morgan fingerprint density at radius 1 is 1.07 bits per heavy atom. The number of carbonyl (C=O) groups is 2. The average molecular weight is 416 g/mol. The van der Waals surface area contributed by atoms with E-state index in [0.29, 0.717) is 6.54 Å². The molecule has 8 nitrogen and oxygen atoms in total. The number of pyridine rings is 1. The van der Waals surface area contributed by atoms with E-state index in [9.17, 15) is 22.8 Å². The Morgan fingerprint density at radius 3 is 2.31 bits per heavy atom. The van der Waals surface area contributed by atoms with Crippen molar-refractivity contribution in [3.8, 4) is 0 Å². The van der Waals surface area contributed by atoms with E-state index < -0.39 is 18.0 Å². The smallest absolute Gasteiger partial charge is 0.349 e. The molecule has 1 aromatic rings. The number of carbonyl (C=O) groups excluding carboxylic acids is 2. The highest BCUT2D eigenvalue weighted by Gasteiger charge is 2.38. The molecule has 4 N–H and O–H groups in total. The van der Waals surface area contributed by atoms with Crippen LogP contribution in [0.4, 0.5) is 13.2 Å². The molecule has 1 saturated heterocycles. The van der Waals surface area contributed by atoms with Crippen molar-refractivity contribution >= 4 is 11.8 Å². The molecule has 0 bridgehead atoms. The number of rotatable bonds is 6. The van der Waals surface area contributed by atoms with E-state index >= 15 is 0 Å². The standard InChI is InChI=1S/C18H27F3N6O2/c1-13-10-14(12-27-8-6-22-2-3-23-7-9-27)26-15(11-13)16(28)24-4-5-25-17(29)18(19,20)21/h10-11,22-23H,2-9,12H2,1H3,(H,24,28)(H,25,29). The first kappa shape index (κ1) is 23.0.